The van der Waals surface area contributed by atoms with E-state index in [1.54, 1.807) is 0 Å². The Morgan fingerprint density at radius 2 is 0.806 bits per heavy atom. The van der Waals surface area contributed by atoms with Crippen LogP contribution in [0.15, 0.2) is 127 Å². The summed E-state index contributed by atoms with van der Waals surface area (Å²) in [5.74, 6) is 0. The quantitative estimate of drug-likeness (QED) is 0.238. The highest BCUT2D eigenvalue weighted by Crippen LogP contribution is 2.44. The fraction of sp³-hybridized carbons (Fsp3) is 0. The maximum atomic E-state index is 9.29. The first-order chi connectivity index (χ1) is 17.8. The Bertz CT molecular complexity index is 1950. The molecule has 166 valence electrons. The number of rotatable bonds is 2. The summed E-state index contributed by atoms with van der Waals surface area (Å²) in [5, 5.41) is 19.0. The van der Waals surface area contributed by atoms with Crippen molar-refractivity contribution in [1.82, 2.24) is 0 Å². The standard InChI is InChI=1S/C35H21N/c36-22-23-13-14-27-21-29(18-16-26(27)19-23)35-32-11-5-3-9-30(32)34(31-10-4-6-12-33(31)35)28-17-15-24-7-1-2-8-25(24)20-28/h1-21H. The van der Waals surface area contributed by atoms with Crippen molar-refractivity contribution in [2.75, 3.05) is 0 Å². The van der Waals surface area contributed by atoms with Crippen molar-refractivity contribution in [2.24, 2.45) is 0 Å². The van der Waals surface area contributed by atoms with Crippen LogP contribution in [0, 0.1) is 11.3 Å². The number of fused-ring (bicyclic) bond motifs is 4. The average molecular weight is 456 g/mol. The fourth-order valence-corrected chi connectivity index (χ4v) is 5.57. The van der Waals surface area contributed by atoms with Gasteiger partial charge in [-0.15, -0.1) is 0 Å². The van der Waals surface area contributed by atoms with E-state index in [0.29, 0.717) is 5.56 Å². The van der Waals surface area contributed by atoms with Crippen molar-refractivity contribution in [2.45, 2.75) is 0 Å². The molecular weight excluding hydrogens is 434 g/mol. The first-order valence-corrected chi connectivity index (χ1v) is 12.2. The lowest BCUT2D eigenvalue weighted by Gasteiger charge is -2.18. The molecule has 1 nitrogen and oxygen atoms in total. The molecule has 1 heteroatoms. The van der Waals surface area contributed by atoms with Crippen LogP contribution in [0.3, 0.4) is 0 Å². The Hall–Kier alpha value is -4.93. The maximum absolute atomic E-state index is 9.29. The monoisotopic (exact) mass is 455 g/mol. The van der Waals surface area contributed by atoms with Crippen molar-refractivity contribution >= 4 is 43.1 Å². The number of benzene rings is 7. The third-order valence-electron chi connectivity index (χ3n) is 7.23. The molecule has 0 unspecified atom stereocenters. The lowest BCUT2D eigenvalue weighted by Crippen LogP contribution is -1.91. The smallest absolute Gasteiger partial charge is 0.0991 e. The van der Waals surface area contributed by atoms with Gasteiger partial charge in [-0.3, -0.25) is 0 Å². The molecule has 0 aromatic heterocycles. The zero-order valence-corrected chi connectivity index (χ0v) is 19.6. The first-order valence-electron chi connectivity index (χ1n) is 12.2. The molecule has 0 fully saturated rings. The van der Waals surface area contributed by atoms with E-state index in [1.807, 2.05) is 18.2 Å². The summed E-state index contributed by atoms with van der Waals surface area (Å²) >= 11 is 0. The number of hydrogen-bond donors (Lipinski definition) is 0. The Labute approximate surface area is 209 Å². The normalized spacial score (nSPS) is 11.3. The molecule has 0 aliphatic carbocycles. The molecule has 0 amide bonds. The summed E-state index contributed by atoms with van der Waals surface area (Å²) in [6.07, 6.45) is 0. The highest BCUT2D eigenvalue weighted by atomic mass is 14.2. The predicted molar refractivity (Wildman–Crippen MR) is 152 cm³/mol. The molecule has 0 radical (unpaired) electrons. The summed E-state index contributed by atoms with van der Waals surface area (Å²) < 4.78 is 0. The largest absolute Gasteiger partial charge is 0.192 e. The molecule has 0 spiro atoms. The number of nitriles is 1. The van der Waals surface area contributed by atoms with Gasteiger partial charge in [0.05, 0.1) is 11.6 Å². The molecule has 7 aromatic rings. The summed E-state index contributed by atoms with van der Waals surface area (Å²) in [6, 6.07) is 47.5. The second kappa shape index (κ2) is 8.08. The lowest BCUT2D eigenvalue weighted by atomic mass is 9.85. The summed E-state index contributed by atoms with van der Waals surface area (Å²) in [6.45, 7) is 0. The Morgan fingerprint density at radius 3 is 1.36 bits per heavy atom. The molecule has 0 bridgehead atoms. The van der Waals surface area contributed by atoms with E-state index in [-0.39, 0.29) is 0 Å². The zero-order chi connectivity index (χ0) is 24.1. The van der Waals surface area contributed by atoms with Gasteiger partial charge in [-0.2, -0.15) is 5.26 Å². The maximum Gasteiger partial charge on any atom is 0.0991 e. The van der Waals surface area contributed by atoms with Crippen LogP contribution in [0.25, 0.3) is 65.3 Å². The topological polar surface area (TPSA) is 23.8 Å². The third kappa shape index (κ3) is 3.17. The second-order valence-corrected chi connectivity index (χ2v) is 9.29. The van der Waals surface area contributed by atoms with Gasteiger partial charge in [0.1, 0.15) is 0 Å². The van der Waals surface area contributed by atoms with Crippen molar-refractivity contribution < 1.29 is 0 Å². The predicted octanol–water partition coefficient (Wildman–Crippen LogP) is 9.51. The molecule has 0 saturated carbocycles. The van der Waals surface area contributed by atoms with E-state index in [0.717, 1.165) is 10.8 Å². The van der Waals surface area contributed by atoms with Crippen LogP contribution in [-0.4, -0.2) is 0 Å². The number of nitrogens with zero attached hydrogens (tertiary/aromatic N) is 1. The minimum absolute atomic E-state index is 0.686. The minimum Gasteiger partial charge on any atom is -0.192 e. The fourth-order valence-electron chi connectivity index (χ4n) is 5.57. The SMILES string of the molecule is N#Cc1ccc2cc(-c3c4ccccc4c(-c4ccc5ccccc5c4)c4ccccc34)ccc2c1. The summed E-state index contributed by atoms with van der Waals surface area (Å²) in [4.78, 5) is 0. The van der Waals surface area contributed by atoms with E-state index in [9.17, 15) is 5.26 Å². The van der Waals surface area contributed by atoms with Crippen molar-refractivity contribution in [3.8, 4) is 28.3 Å². The molecule has 0 aliphatic rings. The molecule has 0 heterocycles. The third-order valence-corrected chi connectivity index (χ3v) is 7.23. The van der Waals surface area contributed by atoms with Crippen molar-refractivity contribution in [3.05, 3.63) is 133 Å². The van der Waals surface area contributed by atoms with Crippen LogP contribution >= 0.6 is 0 Å². The second-order valence-electron chi connectivity index (χ2n) is 9.29. The van der Waals surface area contributed by atoms with E-state index in [1.165, 1.54) is 54.6 Å². The van der Waals surface area contributed by atoms with Crippen LogP contribution in [0.4, 0.5) is 0 Å². The van der Waals surface area contributed by atoms with Gasteiger partial charge in [0.25, 0.3) is 0 Å². The van der Waals surface area contributed by atoms with E-state index < -0.39 is 0 Å². The van der Waals surface area contributed by atoms with Gasteiger partial charge >= 0.3 is 0 Å². The molecule has 0 saturated heterocycles. The first kappa shape index (κ1) is 20.4. The van der Waals surface area contributed by atoms with Crippen LogP contribution in [-0.2, 0) is 0 Å². The molecule has 7 aromatic carbocycles. The lowest BCUT2D eigenvalue weighted by molar-refractivity contribution is 1.50. The Balaban J connectivity index is 1.57. The molecule has 0 N–H and O–H groups in total. The van der Waals surface area contributed by atoms with Crippen LogP contribution in [0.2, 0.25) is 0 Å². The van der Waals surface area contributed by atoms with Crippen molar-refractivity contribution in [1.29, 1.82) is 5.26 Å². The van der Waals surface area contributed by atoms with Gasteiger partial charge in [-0.1, -0.05) is 103 Å². The van der Waals surface area contributed by atoms with Gasteiger partial charge in [0.15, 0.2) is 0 Å². The van der Waals surface area contributed by atoms with Crippen LogP contribution in [0.1, 0.15) is 5.56 Å². The highest BCUT2D eigenvalue weighted by molar-refractivity contribution is 6.22. The zero-order valence-electron chi connectivity index (χ0n) is 19.6. The minimum atomic E-state index is 0.686. The molecule has 36 heavy (non-hydrogen) atoms. The van der Waals surface area contributed by atoms with Crippen molar-refractivity contribution in [3.63, 3.8) is 0 Å². The number of hydrogen-bond acceptors (Lipinski definition) is 1. The summed E-state index contributed by atoms with van der Waals surface area (Å²) in [5.41, 5.74) is 5.62. The Kier molecular flexibility index (Phi) is 4.59. The summed E-state index contributed by atoms with van der Waals surface area (Å²) in [7, 11) is 0. The molecular formula is C35H21N. The van der Waals surface area contributed by atoms with E-state index >= 15 is 0 Å². The van der Waals surface area contributed by atoms with Crippen LogP contribution in [0.5, 0.6) is 0 Å². The van der Waals surface area contributed by atoms with Gasteiger partial charge in [0.2, 0.25) is 0 Å². The van der Waals surface area contributed by atoms with Gasteiger partial charge in [-0.05, 0) is 89.6 Å². The molecule has 7 rings (SSSR count). The van der Waals surface area contributed by atoms with E-state index in [4.69, 9.17) is 0 Å². The average Bonchev–Trinajstić information content (AvgIpc) is 2.95. The Morgan fingerprint density at radius 1 is 0.389 bits per heavy atom. The highest BCUT2D eigenvalue weighted by Gasteiger charge is 2.16. The van der Waals surface area contributed by atoms with E-state index in [2.05, 4.69) is 115 Å². The molecule has 0 atom stereocenters. The van der Waals surface area contributed by atoms with Gasteiger partial charge in [-0.25, -0.2) is 0 Å². The van der Waals surface area contributed by atoms with Crippen LogP contribution < -0.4 is 0 Å². The molecule has 0 aliphatic heterocycles. The van der Waals surface area contributed by atoms with Gasteiger partial charge in [0, 0.05) is 0 Å². The van der Waals surface area contributed by atoms with Gasteiger partial charge < -0.3 is 0 Å².